The second-order valence-electron chi connectivity index (χ2n) is 1.36. The maximum Gasteiger partial charge on any atom is 1.00 e. The third kappa shape index (κ3) is 3.54. The number of rotatable bonds is 0. The molecule has 1 aliphatic heterocycles. The second-order valence-corrected chi connectivity index (χ2v) is 2.11. The van der Waals surface area contributed by atoms with Crippen molar-refractivity contribution in [3.63, 3.8) is 0 Å². The van der Waals surface area contributed by atoms with Crippen LogP contribution in [-0.4, -0.2) is 10.5 Å². The van der Waals surface area contributed by atoms with Gasteiger partial charge in [0.1, 0.15) is 5.16 Å². The molecule has 0 aromatic rings. The van der Waals surface area contributed by atoms with E-state index < -0.39 is 0 Å². The SMILES string of the molecule is O=C1C=C(Cl)NN(Cl)N1.[H-].[K+]. The monoisotopic (exact) mass is 207 g/mol. The van der Waals surface area contributed by atoms with E-state index in [-0.39, 0.29) is 63.9 Å². The van der Waals surface area contributed by atoms with Crippen LogP contribution in [0.3, 0.4) is 0 Å². The molecule has 0 aliphatic carbocycles. The van der Waals surface area contributed by atoms with E-state index in [0.717, 1.165) is 4.64 Å². The van der Waals surface area contributed by atoms with Crippen LogP contribution in [-0.2, 0) is 4.79 Å². The van der Waals surface area contributed by atoms with E-state index in [2.05, 4.69) is 10.9 Å². The number of nitrogens with one attached hydrogen (secondary N) is 2. The number of nitrogens with zero attached hydrogens (tertiary/aromatic N) is 1. The van der Waals surface area contributed by atoms with Crippen molar-refractivity contribution in [2.45, 2.75) is 0 Å². The van der Waals surface area contributed by atoms with Gasteiger partial charge in [-0.2, -0.15) is 0 Å². The number of hydrogen-bond acceptors (Lipinski definition) is 3. The Hall–Kier alpha value is 1.19. The predicted molar refractivity (Wildman–Crippen MR) is 34.0 cm³/mol. The normalized spacial score (nSPS) is 18.2. The van der Waals surface area contributed by atoms with E-state index in [1.54, 1.807) is 0 Å². The summed E-state index contributed by atoms with van der Waals surface area (Å²) in [4.78, 5) is 10.4. The molecule has 1 heterocycles. The van der Waals surface area contributed by atoms with E-state index in [1.807, 2.05) is 0 Å². The number of amides is 1. The van der Waals surface area contributed by atoms with Gasteiger partial charge < -0.3 is 1.43 Å². The number of carbonyl (C=O) groups excluding carboxylic acids is 1. The van der Waals surface area contributed by atoms with E-state index in [1.165, 1.54) is 6.08 Å². The molecule has 0 aromatic carbocycles. The van der Waals surface area contributed by atoms with Crippen LogP contribution in [0.5, 0.6) is 0 Å². The molecule has 1 rings (SSSR count). The molecule has 0 radical (unpaired) electrons. The molecule has 0 spiro atoms. The van der Waals surface area contributed by atoms with E-state index in [0.29, 0.717) is 0 Å². The molecule has 7 heteroatoms. The van der Waals surface area contributed by atoms with Crippen LogP contribution in [0.15, 0.2) is 11.2 Å². The largest absolute Gasteiger partial charge is 1.00 e. The zero-order valence-corrected chi connectivity index (χ0v) is 9.82. The van der Waals surface area contributed by atoms with Gasteiger partial charge in [0.15, 0.2) is 0 Å². The minimum atomic E-state index is -0.353. The molecule has 0 saturated carbocycles. The zero-order chi connectivity index (χ0) is 6.85. The number of hydrazine groups is 2. The molecule has 1 amide bonds. The van der Waals surface area contributed by atoms with Crippen molar-refractivity contribution < 1.29 is 57.6 Å². The minimum absolute atomic E-state index is 0. The van der Waals surface area contributed by atoms with Crippen molar-refractivity contribution in [2.24, 2.45) is 0 Å². The van der Waals surface area contributed by atoms with Gasteiger partial charge >= 0.3 is 51.4 Å². The van der Waals surface area contributed by atoms with Gasteiger partial charge in [-0.3, -0.25) is 15.6 Å². The van der Waals surface area contributed by atoms with Gasteiger partial charge in [-0.1, -0.05) is 11.6 Å². The van der Waals surface area contributed by atoms with Gasteiger partial charge in [0.25, 0.3) is 5.91 Å². The van der Waals surface area contributed by atoms with Crippen molar-refractivity contribution in [1.82, 2.24) is 15.5 Å². The Morgan fingerprint density at radius 3 is 2.60 bits per heavy atom. The molecule has 0 bridgehead atoms. The smallest absolute Gasteiger partial charge is 1.00 e. The molecular weight excluding hydrogens is 204 g/mol. The summed E-state index contributed by atoms with van der Waals surface area (Å²) in [6.45, 7) is 0. The fourth-order valence-electron chi connectivity index (χ4n) is 0.398. The minimum Gasteiger partial charge on any atom is -1.00 e. The first-order valence-corrected chi connectivity index (χ1v) is 2.80. The average Bonchev–Trinajstić information content (AvgIpc) is 1.59. The first kappa shape index (κ1) is 11.2. The molecule has 0 unspecified atom stereocenters. The predicted octanol–water partition coefficient (Wildman–Crippen LogP) is -2.81. The third-order valence-electron chi connectivity index (χ3n) is 0.671. The van der Waals surface area contributed by atoms with E-state index in [4.69, 9.17) is 23.4 Å². The summed E-state index contributed by atoms with van der Waals surface area (Å²) in [6, 6.07) is 0. The van der Waals surface area contributed by atoms with Gasteiger partial charge in [-0.15, -0.1) is 0 Å². The van der Waals surface area contributed by atoms with Crippen molar-refractivity contribution in [2.75, 3.05) is 0 Å². The van der Waals surface area contributed by atoms with Crippen LogP contribution in [0.25, 0.3) is 0 Å². The second kappa shape index (κ2) is 4.94. The van der Waals surface area contributed by atoms with Crippen LogP contribution in [0, 0.1) is 0 Å². The maximum absolute atomic E-state index is 10.4. The molecule has 4 nitrogen and oxygen atoms in total. The molecule has 0 aromatic heterocycles. The van der Waals surface area contributed by atoms with Crippen LogP contribution in [0.4, 0.5) is 0 Å². The molecule has 1 aliphatic rings. The van der Waals surface area contributed by atoms with Gasteiger partial charge in [0.2, 0.25) is 0 Å². The fraction of sp³-hybridized carbons (Fsp3) is 0. The first-order chi connectivity index (χ1) is 4.18. The molecule has 10 heavy (non-hydrogen) atoms. The average molecular weight is 208 g/mol. The Morgan fingerprint density at radius 1 is 1.60 bits per heavy atom. The Kier molecular flexibility index (Phi) is 5.53. The molecule has 0 saturated heterocycles. The van der Waals surface area contributed by atoms with E-state index >= 15 is 0 Å². The van der Waals surface area contributed by atoms with Crippen LogP contribution >= 0.6 is 23.4 Å². The summed E-state index contributed by atoms with van der Waals surface area (Å²) in [5, 5.41) is 0.189. The summed E-state index contributed by atoms with van der Waals surface area (Å²) in [5.41, 5.74) is 4.60. The standard InChI is InChI=1S/C3H3Cl2N3O.K.H/c4-2-1-3(9)7-8(5)6-2;;/h1,6H,(H,7,9);;/q;+1;-1. The summed E-state index contributed by atoms with van der Waals surface area (Å²) in [5.74, 6) is -0.353. The summed E-state index contributed by atoms with van der Waals surface area (Å²) < 4.78 is 0.852. The zero-order valence-electron chi connectivity index (χ0n) is 6.19. The Bertz CT molecular complexity index is 178. The molecule has 0 fully saturated rings. The van der Waals surface area contributed by atoms with Crippen molar-refractivity contribution in [1.29, 1.82) is 0 Å². The van der Waals surface area contributed by atoms with Gasteiger partial charge in [-0.25, -0.2) is 0 Å². The summed E-state index contributed by atoms with van der Waals surface area (Å²) >= 11 is 10.6. The Morgan fingerprint density at radius 2 is 2.20 bits per heavy atom. The van der Waals surface area contributed by atoms with Crippen molar-refractivity contribution in [3.8, 4) is 0 Å². The Balaban J connectivity index is 0. The molecule has 52 valence electrons. The number of carbonyl (C=O) groups is 1. The summed E-state index contributed by atoms with van der Waals surface area (Å²) in [7, 11) is 0. The van der Waals surface area contributed by atoms with Gasteiger partial charge in [-0.05, 0) is 4.64 Å². The van der Waals surface area contributed by atoms with Crippen molar-refractivity contribution >= 4 is 29.3 Å². The van der Waals surface area contributed by atoms with Crippen molar-refractivity contribution in [3.05, 3.63) is 11.2 Å². The van der Waals surface area contributed by atoms with Crippen LogP contribution in [0.2, 0.25) is 0 Å². The van der Waals surface area contributed by atoms with Crippen LogP contribution in [0.1, 0.15) is 1.43 Å². The van der Waals surface area contributed by atoms with E-state index in [9.17, 15) is 4.79 Å². The topological polar surface area (TPSA) is 44.4 Å². The van der Waals surface area contributed by atoms with Gasteiger partial charge in [0, 0.05) is 17.9 Å². The fourth-order valence-corrected chi connectivity index (χ4v) is 0.799. The van der Waals surface area contributed by atoms with Gasteiger partial charge in [0.05, 0.1) is 0 Å². The maximum atomic E-state index is 10.4. The summed E-state index contributed by atoms with van der Waals surface area (Å²) in [6.07, 6.45) is 1.18. The number of halogens is 2. The number of hydrogen-bond donors (Lipinski definition) is 2. The molecule has 0 atom stereocenters. The first-order valence-electron chi connectivity index (χ1n) is 2.09. The quantitative estimate of drug-likeness (QED) is 0.256. The third-order valence-corrected chi connectivity index (χ3v) is 1.03. The Labute approximate surface area is 112 Å². The molecular formula is C3H4Cl2KN3O. The molecule has 2 N–H and O–H groups in total. The van der Waals surface area contributed by atoms with Crippen LogP contribution < -0.4 is 62.2 Å².